The van der Waals surface area contributed by atoms with E-state index in [9.17, 15) is 13.2 Å². The number of piperidine rings is 1. The molecule has 2 aliphatic rings. The molecule has 0 bridgehead atoms. The first kappa shape index (κ1) is 21.8. The van der Waals surface area contributed by atoms with Crippen LogP contribution in [-0.4, -0.2) is 38.8 Å². The van der Waals surface area contributed by atoms with Gasteiger partial charge in [0, 0.05) is 19.0 Å². The molecule has 1 N–H and O–H groups in total. The minimum atomic E-state index is -3.56. The van der Waals surface area contributed by atoms with Gasteiger partial charge in [-0.2, -0.15) is 4.31 Å². The van der Waals surface area contributed by atoms with Crippen molar-refractivity contribution < 1.29 is 17.9 Å². The van der Waals surface area contributed by atoms with Gasteiger partial charge in [-0.05, 0) is 68.4 Å². The number of amides is 1. The summed E-state index contributed by atoms with van der Waals surface area (Å²) in [6.07, 6.45) is 3.34. The molecule has 7 heteroatoms. The Balaban J connectivity index is 1.37. The predicted molar refractivity (Wildman–Crippen MR) is 119 cm³/mol. The number of hydrogen-bond donors (Lipinski definition) is 1. The summed E-state index contributed by atoms with van der Waals surface area (Å²) >= 11 is 0. The number of carbonyl (C=O) groups is 1. The molecule has 1 saturated carbocycles. The molecule has 1 saturated heterocycles. The molecular weight excluding hydrogens is 412 g/mol. The highest BCUT2D eigenvalue weighted by molar-refractivity contribution is 7.89. The molecule has 1 aliphatic heterocycles. The highest BCUT2D eigenvalue weighted by Gasteiger charge is 2.36. The quantitative estimate of drug-likeness (QED) is 0.710. The fraction of sp³-hybridized carbons (Fsp3) is 0.458. The van der Waals surface area contributed by atoms with Crippen molar-refractivity contribution in [2.75, 3.05) is 20.2 Å². The van der Waals surface area contributed by atoms with E-state index in [1.54, 1.807) is 31.4 Å². The van der Waals surface area contributed by atoms with Crippen LogP contribution in [0, 0.1) is 18.8 Å². The molecule has 0 radical (unpaired) electrons. The van der Waals surface area contributed by atoms with Crippen molar-refractivity contribution in [1.82, 2.24) is 9.62 Å². The lowest BCUT2D eigenvalue weighted by Gasteiger charge is -2.31. The Kier molecular flexibility index (Phi) is 6.34. The fourth-order valence-electron chi connectivity index (χ4n) is 4.20. The van der Waals surface area contributed by atoms with Crippen LogP contribution in [0.15, 0.2) is 53.4 Å². The second kappa shape index (κ2) is 9.01. The van der Waals surface area contributed by atoms with Gasteiger partial charge in [0.05, 0.1) is 18.0 Å². The van der Waals surface area contributed by atoms with Crippen molar-refractivity contribution in [2.45, 2.75) is 43.5 Å². The number of carbonyl (C=O) groups excluding carboxylic acids is 1. The average molecular weight is 443 g/mol. The number of sulfonamides is 1. The molecule has 1 atom stereocenters. The zero-order valence-corrected chi connectivity index (χ0v) is 18.9. The molecule has 0 aromatic heterocycles. The van der Waals surface area contributed by atoms with Crippen LogP contribution in [-0.2, 0) is 14.8 Å². The Morgan fingerprint density at radius 3 is 2.16 bits per heavy atom. The SMILES string of the molecule is COc1ccc(S(=O)(=O)N2CCC(C(=O)N[C@H](c3ccc(C)cc3)C3CC3)CC2)cc1. The summed E-state index contributed by atoms with van der Waals surface area (Å²) in [5, 5.41) is 3.26. The number of ether oxygens (including phenoxy) is 1. The van der Waals surface area contributed by atoms with E-state index in [1.165, 1.54) is 9.87 Å². The van der Waals surface area contributed by atoms with Crippen molar-refractivity contribution in [3.63, 3.8) is 0 Å². The van der Waals surface area contributed by atoms with Gasteiger partial charge in [-0.25, -0.2) is 8.42 Å². The van der Waals surface area contributed by atoms with Gasteiger partial charge in [-0.1, -0.05) is 29.8 Å². The van der Waals surface area contributed by atoms with E-state index >= 15 is 0 Å². The van der Waals surface area contributed by atoms with Crippen LogP contribution in [0.3, 0.4) is 0 Å². The Labute approximate surface area is 184 Å². The summed E-state index contributed by atoms with van der Waals surface area (Å²) in [4.78, 5) is 13.2. The van der Waals surface area contributed by atoms with E-state index in [0.29, 0.717) is 37.6 Å². The number of hydrogen-bond acceptors (Lipinski definition) is 4. The molecule has 0 spiro atoms. The van der Waals surface area contributed by atoms with Crippen LogP contribution >= 0.6 is 0 Å². The first-order chi connectivity index (χ1) is 14.9. The first-order valence-electron chi connectivity index (χ1n) is 10.9. The minimum Gasteiger partial charge on any atom is -0.497 e. The summed E-state index contributed by atoms with van der Waals surface area (Å²) < 4.78 is 32.5. The maximum Gasteiger partial charge on any atom is 0.243 e. The summed E-state index contributed by atoms with van der Waals surface area (Å²) in [6, 6.07) is 14.8. The molecule has 2 aromatic carbocycles. The fourth-order valence-corrected chi connectivity index (χ4v) is 5.67. The molecule has 6 nitrogen and oxygen atoms in total. The topological polar surface area (TPSA) is 75.7 Å². The number of nitrogens with one attached hydrogen (secondary N) is 1. The molecule has 31 heavy (non-hydrogen) atoms. The van der Waals surface area contributed by atoms with Gasteiger partial charge < -0.3 is 10.1 Å². The monoisotopic (exact) mass is 442 g/mol. The lowest BCUT2D eigenvalue weighted by Crippen LogP contribution is -2.43. The number of aryl methyl sites for hydroxylation is 1. The van der Waals surface area contributed by atoms with Crippen LogP contribution < -0.4 is 10.1 Å². The van der Waals surface area contributed by atoms with Gasteiger partial charge in [0.15, 0.2) is 0 Å². The van der Waals surface area contributed by atoms with Crippen LogP contribution in [0.4, 0.5) is 0 Å². The third-order valence-electron chi connectivity index (χ3n) is 6.35. The van der Waals surface area contributed by atoms with E-state index in [4.69, 9.17) is 4.74 Å². The van der Waals surface area contributed by atoms with Gasteiger partial charge in [-0.15, -0.1) is 0 Å². The Morgan fingerprint density at radius 2 is 1.61 bits per heavy atom. The van der Waals surface area contributed by atoms with E-state index in [0.717, 1.165) is 18.4 Å². The first-order valence-corrected chi connectivity index (χ1v) is 12.3. The van der Waals surface area contributed by atoms with Gasteiger partial charge >= 0.3 is 0 Å². The van der Waals surface area contributed by atoms with Gasteiger partial charge in [0.1, 0.15) is 5.75 Å². The number of methoxy groups -OCH3 is 1. The summed E-state index contributed by atoms with van der Waals surface area (Å²) in [7, 11) is -2.02. The van der Waals surface area contributed by atoms with Crippen LogP contribution in [0.1, 0.15) is 42.9 Å². The molecule has 2 fully saturated rings. The molecule has 166 valence electrons. The smallest absolute Gasteiger partial charge is 0.243 e. The second-order valence-corrected chi connectivity index (χ2v) is 10.5. The molecule has 0 unspecified atom stereocenters. The highest BCUT2D eigenvalue weighted by atomic mass is 32.2. The Hall–Kier alpha value is -2.38. The standard InChI is InChI=1S/C24H30N2O4S/c1-17-3-5-18(6-4-17)23(19-7-8-19)25-24(27)20-13-15-26(16-14-20)31(28,29)22-11-9-21(30-2)10-12-22/h3-6,9-12,19-20,23H,7-8,13-16H2,1-2H3,(H,25,27)/t23-/m1/s1. The van der Waals surface area contributed by atoms with Crippen LogP contribution in [0.25, 0.3) is 0 Å². The van der Waals surface area contributed by atoms with Crippen LogP contribution in [0.2, 0.25) is 0 Å². The van der Waals surface area contributed by atoms with Gasteiger partial charge in [0.25, 0.3) is 0 Å². The summed E-state index contributed by atoms with van der Waals surface area (Å²) in [6.45, 7) is 2.76. The lowest BCUT2D eigenvalue weighted by atomic mass is 9.95. The maximum atomic E-state index is 13.0. The maximum absolute atomic E-state index is 13.0. The molecular formula is C24H30N2O4S. The van der Waals surface area contributed by atoms with Crippen LogP contribution in [0.5, 0.6) is 5.75 Å². The van der Waals surface area contributed by atoms with E-state index in [-0.39, 0.29) is 22.8 Å². The van der Waals surface area contributed by atoms with Gasteiger partial charge in [-0.3, -0.25) is 4.79 Å². The lowest BCUT2D eigenvalue weighted by molar-refractivity contribution is -0.127. The molecule has 1 aliphatic carbocycles. The Morgan fingerprint density at radius 1 is 1.00 bits per heavy atom. The zero-order chi connectivity index (χ0) is 22.0. The van der Waals surface area contributed by atoms with E-state index in [2.05, 4.69) is 36.5 Å². The molecule has 4 rings (SSSR count). The van der Waals surface area contributed by atoms with E-state index < -0.39 is 10.0 Å². The summed E-state index contributed by atoms with van der Waals surface area (Å²) in [5.41, 5.74) is 2.36. The summed E-state index contributed by atoms with van der Waals surface area (Å²) in [5.74, 6) is 1.00. The van der Waals surface area contributed by atoms with Crippen molar-refractivity contribution in [1.29, 1.82) is 0 Å². The molecule has 2 aromatic rings. The number of nitrogens with zero attached hydrogens (tertiary/aromatic N) is 1. The number of benzene rings is 2. The third kappa shape index (κ3) is 4.93. The van der Waals surface area contributed by atoms with E-state index in [1.807, 2.05) is 0 Å². The zero-order valence-electron chi connectivity index (χ0n) is 18.1. The predicted octanol–water partition coefficient (Wildman–Crippen LogP) is 3.67. The average Bonchev–Trinajstić information content (AvgIpc) is 3.63. The second-order valence-electron chi connectivity index (χ2n) is 8.59. The molecule has 1 heterocycles. The number of rotatable bonds is 7. The molecule has 1 amide bonds. The normalized spacial score (nSPS) is 19.0. The van der Waals surface area contributed by atoms with Crippen molar-refractivity contribution in [2.24, 2.45) is 11.8 Å². The highest BCUT2D eigenvalue weighted by Crippen LogP contribution is 2.41. The van der Waals surface area contributed by atoms with Crippen molar-refractivity contribution in [3.05, 3.63) is 59.7 Å². The third-order valence-corrected chi connectivity index (χ3v) is 8.26. The van der Waals surface area contributed by atoms with Gasteiger partial charge in [0.2, 0.25) is 15.9 Å². The largest absolute Gasteiger partial charge is 0.497 e. The van der Waals surface area contributed by atoms with Crippen molar-refractivity contribution >= 4 is 15.9 Å². The minimum absolute atomic E-state index is 0.0407. The van der Waals surface area contributed by atoms with Crippen molar-refractivity contribution in [3.8, 4) is 5.75 Å². The Bertz CT molecular complexity index is 1010.